The first-order valence-corrected chi connectivity index (χ1v) is 7.48. The average Bonchev–Trinajstić information content (AvgIpc) is 2.82. The molecule has 5 heteroatoms. The molecule has 2 rings (SSSR count). The van der Waals surface area contributed by atoms with E-state index >= 15 is 0 Å². The Bertz CT molecular complexity index is 582. The molecule has 0 aliphatic heterocycles. The topological polar surface area (TPSA) is 28.2 Å². The third-order valence-corrected chi connectivity index (χ3v) is 4.19. The summed E-state index contributed by atoms with van der Waals surface area (Å²) >= 11 is 1.62. The van der Waals surface area contributed by atoms with E-state index in [1.165, 1.54) is 6.07 Å². The number of hydrogen-bond donors (Lipinski definition) is 1. The minimum absolute atomic E-state index is 0.0975. The molecule has 0 spiro atoms. The highest BCUT2D eigenvalue weighted by Gasteiger charge is 2.17. The van der Waals surface area contributed by atoms with Gasteiger partial charge in [-0.1, -0.05) is 12.1 Å². The first kappa shape index (κ1) is 14.9. The van der Waals surface area contributed by atoms with Crippen LogP contribution in [0.1, 0.15) is 29.2 Å². The lowest BCUT2D eigenvalue weighted by molar-refractivity contribution is 0.602. The van der Waals surface area contributed by atoms with Crippen molar-refractivity contribution in [2.75, 3.05) is 19.0 Å². The molecular weight excluding hydrogens is 273 g/mol. The Morgan fingerprint density at radius 1 is 1.45 bits per heavy atom. The smallest absolute Gasteiger partial charge is 0.146 e. The van der Waals surface area contributed by atoms with Crippen LogP contribution in [0.3, 0.4) is 0 Å². The summed E-state index contributed by atoms with van der Waals surface area (Å²) in [5, 5.41) is 6.22. The molecular formula is C15H20FN3S. The third-order valence-electron chi connectivity index (χ3n) is 3.36. The van der Waals surface area contributed by atoms with E-state index in [1.54, 1.807) is 17.4 Å². The van der Waals surface area contributed by atoms with Gasteiger partial charge in [-0.25, -0.2) is 9.37 Å². The Kier molecular flexibility index (Phi) is 4.73. The van der Waals surface area contributed by atoms with Gasteiger partial charge < -0.3 is 10.2 Å². The van der Waals surface area contributed by atoms with Crippen molar-refractivity contribution in [3.05, 3.63) is 45.7 Å². The number of aromatic nitrogens is 1. The van der Waals surface area contributed by atoms with Crippen molar-refractivity contribution in [1.82, 2.24) is 10.3 Å². The summed E-state index contributed by atoms with van der Waals surface area (Å²) in [6, 6.07) is 5.32. The monoisotopic (exact) mass is 293 g/mol. The van der Waals surface area contributed by atoms with Crippen LogP contribution < -0.4 is 10.2 Å². The van der Waals surface area contributed by atoms with Crippen LogP contribution >= 0.6 is 11.3 Å². The second kappa shape index (κ2) is 6.33. The molecule has 0 fully saturated rings. The predicted molar refractivity (Wildman–Crippen MR) is 82.8 cm³/mol. The lowest BCUT2D eigenvalue weighted by atomic mass is 10.0. The Morgan fingerprint density at radius 3 is 2.80 bits per heavy atom. The summed E-state index contributed by atoms with van der Waals surface area (Å²) in [6.45, 7) is 4.61. The van der Waals surface area contributed by atoms with Crippen molar-refractivity contribution >= 4 is 17.0 Å². The number of para-hydroxylation sites is 1. The molecule has 0 saturated carbocycles. The molecule has 0 amide bonds. The van der Waals surface area contributed by atoms with Crippen molar-refractivity contribution < 1.29 is 4.39 Å². The average molecular weight is 293 g/mol. The first-order chi connectivity index (χ1) is 9.52. The fraction of sp³-hybridized carbons (Fsp3) is 0.400. The molecule has 0 radical (unpaired) electrons. The molecule has 1 N–H and O–H groups in total. The van der Waals surface area contributed by atoms with Gasteiger partial charge in [-0.3, -0.25) is 0 Å². The van der Waals surface area contributed by atoms with Crippen LogP contribution in [0, 0.1) is 12.7 Å². The number of rotatable bonds is 5. The summed E-state index contributed by atoms with van der Waals surface area (Å²) in [5.74, 6) is -0.195. The van der Waals surface area contributed by atoms with Crippen molar-refractivity contribution in [3.63, 3.8) is 0 Å². The molecule has 1 heterocycles. The van der Waals surface area contributed by atoms with Crippen LogP contribution in [0.5, 0.6) is 0 Å². The van der Waals surface area contributed by atoms with Crippen LogP contribution in [0.25, 0.3) is 0 Å². The standard InChI is InChI=1S/C15H20FN3S/c1-10(17-3)13-6-5-7-14(16)15(13)19(4)8-12-9-20-11(2)18-12/h5-7,9-10,17H,8H2,1-4H3. The SMILES string of the molecule is CNC(C)c1cccc(F)c1N(C)Cc1csc(C)n1. The number of nitrogens with one attached hydrogen (secondary N) is 1. The highest BCUT2D eigenvalue weighted by molar-refractivity contribution is 7.09. The predicted octanol–water partition coefficient (Wildman–Crippen LogP) is 3.51. The summed E-state index contributed by atoms with van der Waals surface area (Å²) in [6.07, 6.45) is 0. The molecule has 1 aromatic heterocycles. The molecule has 0 aliphatic carbocycles. The number of thiazole rings is 1. The molecule has 0 bridgehead atoms. The lowest BCUT2D eigenvalue weighted by Crippen LogP contribution is -2.23. The number of benzene rings is 1. The Balaban J connectivity index is 2.30. The fourth-order valence-electron chi connectivity index (χ4n) is 2.24. The minimum atomic E-state index is -0.195. The normalized spacial score (nSPS) is 12.4. The third kappa shape index (κ3) is 3.16. The molecule has 1 unspecified atom stereocenters. The van der Waals surface area contributed by atoms with E-state index in [9.17, 15) is 4.39 Å². The number of nitrogens with zero attached hydrogens (tertiary/aromatic N) is 2. The maximum absolute atomic E-state index is 14.2. The molecule has 0 saturated heterocycles. The molecule has 108 valence electrons. The molecule has 1 atom stereocenters. The molecule has 20 heavy (non-hydrogen) atoms. The first-order valence-electron chi connectivity index (χ1n) is 6.60. The summed E-state index contributed by atoms with van der Waals surface area (Å²) in [5.41, 5.74) is 2.57. The van der Waals surface area contributed by atoms with E-state index < -0.39 is 0 Å². The largest absolute Gasteiger partial charge is 0.366 e. The van der Waals surface area contributed by atoms with Gasteiger partial charge in [-0.15, -0.1) is 11.3 Å². The Hall–Kier alpha value is -1.46. The molecule has 3 nitrogen and oxygen atoms in total. The Morgan fingerprint density at radius 2 is 2.20 bits per heavy atom. The second-order valence-corrected chi connectivity index (χ2v) is 5.96. The van der Waals surface area contributed by atoms with E-state index in [-0.39, 0.29) is 11.9 Å². The van der Waals surface area contributed by atoms with Crippen molar-refractivity contribution in [3.8, 4) is 0 Å². The molecule has 1 aromatic carbocycles. The minimum Gasteiger partial charge on any atom is -0.366 e. The van der Waals surface area contributed by atoms with Gasteiger partial charge in [0.15, 0.2) is 0 Å². The van der Waals surface area contributed by atoms with Crippen LogP contribution in [-0.2, 0) is 6.54 Å². The summed E-state index contributed by atoms with van der Waals surface area (Å²) < 4.78 is 14.2. The quantitative estimate of drug-likeness (QED) is 0.914. The van der Waals surface area contributed by atoms with E-state index in [4.69, 9.17) is 0 Å². The van der Waals surface area contributed by atoms with E-state index in [2.05, 4.69) is 10.3 Å². The van der Waals surface area contributed by atoms with Gasteiger partial charge in [0.2, 0.25) is 0 Å². The molecule has 2 aromatic rings. The zero-order chi connectivity index (χ0) is 14.7. The van der Waals surface area contributed by atoms with Crippen LogP contribution in [0.4, 0.5) is 10.1 Å². The van der Waals surface area contributed by atoms with E-state index in [0.717, 1.165) is 16.3 Å². The van der Waals surface area contributed by atoms with Crippen molar-refractivity contribution in [1.29, 1.82) is 0 Å². The van der Waals surface area contributed by atoms with E-state index in [1.807, 2.05) is 44.3 Å². The number of anilines is 1. The van der Waals surface area contributed by atoms with Gasteiger partial charge in [-0.2, -0.15) is 0 Å². The van der Waals surface area contributed by atoms with Gasteiger partial charge in [0.05, 0.1) is 22.9 Å². The highest BCUT2D eigenvalue weighted by Crippen LogP contribution is 2.29. The van der Waals surface area contributed by atoms with Crippen LogP contribution in [0.2, 0.25) is 0 Å². The fourth-order valence-corrected chi connectivity index (χ4v) is 2.85. The maximum atomic E-state index is 14.2. The van der Waals surface area contributed by atoms with Crippen LogP contribution in [-0.4, -0.2) is 19.1 Å². The van der Waals surface area contributed by atoms with E-state index in [0.29, 0.717) is 12.2 Å². The van der Waals surface area contributed by atoms with Gasteiger partial charge in [-0.05, 0) is 32.5 Å². The van der Waals surface area contributed by atoms with Gasteiger partial charge in [0.25, 0.3) is 0 Å². The van der Waals surface area contributed by atoms with Crippen LogP contribution in [0.15, 0.2) is 23.6 Å². The summed E-state index contributed by atoms with van der Waals surface area (Å²) in [7, 11) is 3.78. The maximum Gasteiger partial charge on any atom is 0.146 e. The van der Waals surface area contributed by atoms with Crippen molar-refractivity contribution in [2.45, 2.75) is 26.4 Å². The molecule has 0 aliphatic rings. The van der Waals surface area contributed by atoms with Crippen molar-refractivity contribution in [2.24, 2.45) is 0 Å². The zero-order valence-electron chi connectivity index (χ0n) is 12.3. The van der Waals surface area contributed by atoms with Gasteiger partial charge >= 0.3 is 0 Å². The zero-order valence-corrected chi connectivity index (χ0v) is 13.1. The lowest BCUT2D eigenvalue weighted by Gasteiger charge is -2.25. The van der Waals surface area contributed by atoms with Gasteiger partial charge in [0, 0.05) is 18.5 Å². The summed E-state index contributed by atoms with van der Waals surface area (Å²) in [4.78, 5) is 6.36. The number of aryl methyl sites for hydroxylation is 1. The second-order valence-electron chi connectivity index (χ2n) is 4.90. The Labute approximate surface area is 123 Å². The number of hydrogen-bond acceptors (Lipinski definition) is 4. The number of halogens is 1. The highest BCUT2D eigenvalue weighted by atomic mass is 32.1. The van der Waals surface area contributed by atoms with Gasteiger partial charge in [0.1, 0.15) is 5.82 Å².